The van der Waals surface area contributed by atoms with Crippen molar-refractivity contribution in [2.75, 3.05) is 6.54 Å². The molecule has 2 aromatic heterocycles. The van der Waals surface area contributed by atoms with Crippen molar-refractivity contribution in [1.29, 1.82) is 0 Å². The monoisotopic (exact) mass is 363 g/mol. The summed E-state index contributed by atoms with van der Waals surface area (Å²) in [7, 11) is 0. The van der Waals surface area contributed by atoms with Crippen molar-refractivity contribution in [2.24, 2.45) is 5.73 Å². The Labute approximate surface area is 161 Å². The molecule has 5 heteroatoms. The third kappa shape index (κ3) is 5.74. The van der Waals surface area contributed by atoms with Gasteiger partial charge in [-0.2, -0.15) is 0 Å². The summed E-state index contributed by atoms with van der Waals surface area (Å²) in [6, 6.07) is 14.9. The first-order valence-corrected chi connectivity index (χ1v) is 9.63. The Balaban J connectivity index is 1.66. The number of nitrogens with two attached hydrogens (primary N) is 1. The predicted molar refractivity (Wildman–Crippen MR) is 109 cm³/mol. The predicted octanol–water partition coefficient (Wildman–Crippen LogP) is 3.07. The lowest BCUT2D eigenvalue weighted by Gasteiger charge is -2.20. The van der Waals surface area contributed by atoms with Crippen LogP contribution in [-0.4, -0.2) is 27.1 Å². The van der Waals surface area contributed by atoms with Crippen LogP contribution in [0.1, 0.15) is 35.4 Å². The van der Waals surface area contributed by atoms with Crippen molar-refractivity contribution in [3.05, 3.63) is 83.7 Å². The van der Waals surface area contributed by atoms with Crippen molar-refractivity contribution < 1.29 is 0 Å². The zero-order valence-corrected chi connectivity index (χ0v) is 16.0. The molecule has 1 aromatic carbocycles. The minimum atomic E-state index is 0.348. The van der Waals surface area contributed by atoms with Crippen molar-refractivity contribution in [1.82, 2.24) is 19.9 Å². The minimum Gasteiger partial charge on any atom is -0.330 e. The van der Waals surface area contributed by atoms with Gasteiger partial charge in [-0.3, -0.25) is 4.98 Å². The van der Waals surface area contributed by atoms with Crippen molar-refractivity contribution in [2.45, 2.75) is 45.3 Å². The van der Waals surface area contributed by atoms with E-state index in [9.17, 15) is 0 Å². The summed E-state index contributed by atoms with van der Waals surface area (Å²) < 4.78 is 2.23. The van der Waals surface area contributed by atoms with Crippen LogP contribution >= 0.6 is 0 Å². The van der Waals surface area contributed by atoms with E-state index in [2.05, 4.69) is 57.1 Å². The van der Waals surface area contributed by atoms with E-state index in [4.69, 9.17) is 5.73 Å². The molecule has 2 heterocycles. The fourth-order valence-electron chi connectivity index (χ4n) is 3.28. The Bertz CT molecular complexity index is 812. The number of nitrogens with one attached hydrogen (secondary N) is 1. The average molecular weight is 364 g/mol. The highest BCUT2D eigenvalue weighted by atomic mass is 15.0. The van der Waals surface area contributed by atoms with Crippen LogP contribution in [0.5, 0.6) is 0 Å². The molecular weight excluding hydrogens is 334 g/mol. The van der Waals surface area contributed by atoms with Gasteiger partial charge in [0.25, 0.3) is 0 Å². The molecule has 0 aliphatic rings. The molecule has 1 unspecified atom stereocenters. The highest BCUT2D eigenvalue weighted by molar-refractivity contribution is 5.18. The SMILES string of the molecule is Cc1cccnc1CNC(CCCN)Cc1cncn1Cc1ccccc1. The second kappa shape index (κ2) is 10.00. The van der Waals surface area contributed by atoms with Gasteiger partial charge in [-0.1, -0.05) is 36.4 Å². The molecule has 5 nitrogen and oxygen atoms in total. The molecule has 0 aliphatic carbocycles. The Morgan fingerprint density at radius 3 is 2.78 bits per heavy atom. The maximum atomic E-state index is 5.76. The topological polar surface area (TPSA) is 68.8 Å². The summed E-state index contributed by atoms with van der Waals surface area (Å²) in [5, 5.41) is 3.68. The van der Waals surface area contributed by atoms with E-state index < -0.39 is 0 Å². The van der Waals surface area contributed by atoms with E-state index in [-0.39, 0.29) is 0 Å². The van der Waals surface area contributed by atoms with E-state index in [0.29, 0.717) is 12.6 Å². The first kappa shape index (κ1) is 19.3. The molecule has 3 rings (SSSR count). The van der Waals surface area contributed by atoms with E-state index in [0.717, 1.165) is 38.0 Å². The third-order valence-electron chi connectivity index (χ3n) is 4.88. The number of hydrogen-bond donors (Lipinski definition) is 2. The number of nitrogens with zero attached hydrogens (tertiary/aromatic N) is 3. The quantitative estimate of drug-likeness (QED) is 0.581. The molecule has 0 saturated carbocycles. The molecule has 27 heavy (non-hydrogen) atoms. The maximum Gasteiger partial charge on any atom is 0.0951 e. The second-order valence-electron chi connectivity index (χ2n) is 6.98. The number of aromatic nitrogens is 3. The number of imidazole rings is 1. The van der Waals surface area contributed by atoms with Gasteiger partial charge >= 0.3 is 0 Å². The van der Waals surface area contributed by atoms with Gasteiger partial charge < -0.3 is 15.6 Å². The van der Waals surface area contributed by atoms with Gasteiger partial charge in [0.05, 0.1) is 12.0 Å². The van der Waals surface area contributed by atoms with Crippen molar-refractivity contribution >= 4 is 0 Å². The Kier molecular flexibility index (Phi) is 7.13. The van der Waals surface area contributed by atoms with Gasteiger partial charge in [-0.05, 0) is 43.5 Å². The number of pyridine rings is 1. The van der Waals surface area contributed by atoms with Gasteiger partial charge in [-0.15, -0.1) is 0 Å². The minimum absolute atomic E-state index is 0.348. The molecule has 1 atom stereocenters. The average Bonchev–Trinajstić information content (AvgIpc) is 3.12. The summed E-state index contributed by atoms with van der Waals surface area (Å²) in [5.41, 5.74) is 10.6. The molecule has 0 spiro atoms. The molecule has 3 aromatic rings. The lowest BCUT2D eigenvalue weighted by molar-refractivity contribution is 0.453. The molecule has 0 amide bonds. The van der Waals surface area contributed by atoms with E-state index in [1.165, 1.54) is 16.8 Å². The van der Waals surface area contributed by atoms with E-state index in [1.54, 1.807) is 0 Å². The Morgan fingerprint density at radius 1 is 1.15 bits per heavy atom. The summed E-state index contributed by atoms with van der Waals surface area (Å²) in [6.45, 7) is 4.44. The Morgan fingerprint density at radius 2 is 2.00 bits per heavy atom. The summed E-state index contributed by atoms with van der Waals surface area (Å²) in [6.07, 6.45) is 8.73. The molecular formula is C22H29N5. The van der Waals surface area contributed by atoms with Gasteiger partial charge in [0.2, 0.25) is 0 Å². The Hall–Kier alpha value is -2.50. The summed E-state index contributed by atoms with van der Waals surface area (Å²) in [5.74, 6) is 0. The highest BCUT2D eigenvalue weighted by Crippen LogP contribution is 2.12. The summed E-state index contributed by atoms with van der Waals surface area (Å²) in [4.78, 5) is 8.88. The summed E-state index contributed by atoms with van der Waals surface area (Å²) >= 11 is 0. The first-order valence-electron chi connectivity index (χ1n) is 9.63. The molecule has 0 bridgehead atoms. The molecule has 0 fully saturated rings. The van der Waals surface area contributed by atoms with Gasteiger partial charge in [0, 0.05) is 43.6 Å². The fraction of sp³-hybridized carbons (Fsp3) is 0.364. The normalized spacial score (nSPS) is 12.2. The number of benzene rings is 1. The van der Waals surface area contributed by atoms with Gasteiger partial charge in [0.15, 0.2) is 0 Å². The van der Waals surface area contributed by atoms with Crippen molar-refractivity contribution in [3.8, 4) is 0 Å². The van der Waals surface area contributed by atoms with Crippen LogP contribution in [0, 0.1) is 6.92 Å². The van der Waals surface area contributed by atoms with E-state index in [1.807, 2.05) is 30.9 Å². The lowest BCUT2D eigenvalue weighted by atomic mass is 10.1. The molecule has 0 saturated heterocycles. The molecule has 142 valence electrons. The third-order valence-corrected chi connectivity index (χ3v) is 4.88. The molecule has 0 aliphatic heterocycles. The van der Waals surface area contributed by atoms with Crippen LogP contribution in [-0.2, 0) is 19.5 Å². The molecule has 0 radical (unpaired) electrons. The smallest absolute Gasteiger partial charge is 0.0951 e. The van der Waals surface area contributed by atoms with Gasteiger partial charge in [0.1, 0.15) is 0 Å². The fourth-order valence-corrected chi connectivity index (χ4v) is 3.28. The van der Waals surface area contributed by atoms with Crippen LogP contribution in [0.3, 0.4) is 0 Å². The van der Waals surface area contributed by atoms with Crippen LogP contribution in [0.4, 0.5) is 0 Å². The van der Waals surface area contributed by atoms with E-state index >= 15 is 0 Å². The lowest BCUT2D eigenvalue weighted by Crippen LogP contribution is -2.32. The zero-order chi connectivity index (χ0) is 18.9. The molecule has 3 N–H and O–H groups in total. The number of aryl methyl sites for hydroxylation is 1. The largest absolute Gasteiger partial charge is 0.330 e. The zero-order valence-electron chi connectivity index (χ0n) is 16.0. The maximum absolute atomic E-state index is 5.76. The second-order valence-corrected chi connectivity index (χ2v) is 6.98. The number of rotatable bonds is 10. The standard InChI is InChI=1S/C22H29N5/c1-18-7-6-12-25-22(18)15-26-20(10-5-11-23)13-21-14-24-17-27(21)16-19-8-3-2-4-9-19/h2-4,6-9,12,14,17,20,26H,5,10-11,13,15-16,23H2,1H3. The van der Waals surface area contributed by atoms with Crippen LogP contribution in [0.25, 0.3) is 0 Å². The first-order chi connectivity index (χ1) is 13.3. The van der Waals surface area contributed by atoms with Crippen LogP contribution in [0.2, 0.25) is 0 Å². The number of hydrogen-bond acceptors (Lipinski definition) is 4. The van der Waals surface area contributed by atoms with Gasteiger partial charge in [-0.25, -0.2) is 4.98 Å². The van der Waals surface area contributed by atoms with Crippen molar-refractivity contribution in [3.63, 3.8) is 0 Å². The van der Waals surface area contributed by atoms with Crippen LogP contribution in [0.15, 0.2) is 61.2 Å². The highest BCUT2D eigenvalue weighted by Gasteiger charge is 2.13. The van der Waals surface area contributed by atoms with Crippen LogP contribution < -0.4 is 11.1 Å².